The van der Waals surface area contributed by atoms with Crippen LogP contribution in [0.15, 0.2) is 30.3 Å². The molecule has 0 bridgehead atoms. The first-order chi connectivity index (χ1) is 15.1. The smallest absolute Gasteiger partial charge is 0.264 e. The lowest BCUT2D eigenvalue weighted by Crippen LogP contribution is -2.49. The van der Waals surface area contributed by atoms with Crippen molar-refractivity contribution in [2.45, 2.75) is 45.6 Å². The van der Waals surface area contributed by atoms with Gasteiger partial charge in [-0.15, -0.1) is 11.3 Å². The minimum atomic E-state index is -0.130. The van der Waals surface area contributed by atoms with Gasteiger partial charge in [0.25, 0.3) is 5.91 Å². The second kappa shape index (κ2) is 9.73. The Morgan fingerprint density at radius 2 is 1.94 bits per heavy atom. The second-order valence-electron chi connectivity index (χ2n) is 8.25. The first kappa shape index (κ1) is 21.7. The van der Waals surface area contributed by atoms with Crippen LogP contribution in [-0.4, -0.2) is 49.1 Å². The largest absolute Gasteiger partial charge is 0.486 e. The third-order valence-corrected chi connectivity index (χ3v) is 7.11. The van der Waals surface area contributed by atoms with E-state index in [0.29, 0.717) is 31.2 Å². The summed E-state index contributed by atoms with van der Waals surface area (Å²) in [4.78, 5) is 29.4. The number of likely N-dealkylation sites (tertiary alicyclic amines) is 1. The summed E-state index contributed by atoms with van der Waals surface area (Å²) in [7, 11) is 0. The Hall–Kier alpha value is -2.54. The number of piperidine rings is 1. The molecule has 2 aliphatic heterocycles. The number of hydrogen-bond donors (Lipinski definition) is 1. The number of thiophene rings is 1. The van der Waals surface area contributed by atoms with Gasteiger partial charge >= 0.3 is 0 Å². The van der Waals surface area contributed by atoms with Crippen molar-refractivity contribution >= 4 is 23.2 Å². The average Bonchev–Trinajstić information content (AvgIpc) is 3.29. The van der Waals surface area contributed by atoms with E-state index in [2.05, 4.69) is 19.2 Å². The van der Waals surface area contributed by atoms with Crippen LogP contribution in [0.25, 0.3) is 10.4 Å². The molecule has 31 heavy (non-hydrogen) atoms. The zero-order valence-electron chi connectivity index (χ0n) is 18.2. The second-order valence-corrected chi connectivity index (χ2v) is 9.33. The first-order valence-electron chi connectivity index (χ1n) is 11.2. The van der Waals surface area contributed by atoms with Crippen LogP contribution in [0.1, 0.15) is 49.2 Å². The van der Waals surface area contributed by atoms with Gasteiger partial charge in [-0.05, 0) is 62.1 Å². The summed E-state index contributed by atoms with van der Waals surface area (Å²) in [6.45, 7) is 6.47. The number of nitrogens with zero attached hydrogens (tertiary/aromatic N) is 1. The number of carbonyl (C=O) groups is 2. The van der Waals surface area contributed by atoms with Crippen molar-refractivity contribution < 1.29 is 19.1 Å². The fourth-order valence-electron chi connectivity index (χ4n) is 4.08. The molecule has 6 nitrogen and oxygen atoms in total. The molecule has 0 aliphatic carbocycles. The van der Waals surface area contributed by atoms with Crippen LogP contribution in [-0.2, 0) is 4.79 Å². The molecule has 0 saturated carbocycles. The third kappa shape index (κ3) is 4.87. The van der Waals surface area contributed by atoms with Gasteiger partial charge in [0.1, 0.15) is 13.2 Å². The van der Waals surface area contributed by atoms with E-state index in [0.717, 1.165) is 47.6 Å². The summed E-state index contributed by atoms with van der Waals surface area (Å²) >= 11 is 1.48. The molecule has 166 valence electrons. The molecule has 0 radical (unpaired) electrons. The lowest BCUT2D eigenvalue weighted by Gasteiger charge is -2.37. The average molecular weight is 443 g/mol. The molecule has 3 heterocycles. The van der Waals surface area contributed by atoms with E-state index < -0.39 is 0 Å². The molecular formula is C24H30N2O4S. The van der Waals surface area contributed by atoms with Crippen molar-refractivity contribution in [1.82, 2.24) is 10.2 Å². The van der Waals surface area contributed by atoms with Crippen molar-refractivity contribution in [1.29, 1.82) is 0 Å². The van der Waals surface area contributed by atoms with E-state index >= 15 is 0 Å². The van der Waals surface area contributed by atoms with Gasteiger partial charge in [0.05, 0.1) is 10.8 Å². The fraction of sp³-hybridized carbons (Fsp3) is 0.500. The number of fused-ring (bicyclic) bond motifs is 1. The molecule has 2 atom stereocenters. The normalized spacial score (nSPS) is 20.4. The van der Waals surface area contributed by atoms with E-state index in [-0.39, 0.29) is 23.8 Å². The van der Waals surface area contributed by atoms with Crippen LogP contribution in [0.5, 0.6) is 11.5 Å². The van der Waals surface area contributed by atoms with Crippen molar-refractivity contribution in [3.8, 4) is 21.9 Å². The maximum absolute atomic E-state index is 13.3. The molecular weight excluding hydrogens is 412 g/mol. The molecule has 0 spiro atoms. The quantitative estimate of drug-likeness (QED) is 0.676. The Morgan fingerprint density at radius 1 is 1.13 bits per heavy atom. The maximum atomic E-state index is 13.3. The molecule has 1 fully saturated rings. The summed E-state index contributed by atoms with van der Waals surface area (Å²) < 4.78 is 11.3. The molecule has 2 aromatic rings. The molecule has 1 aromatic heterocycles. The summed E-state index contributed by atoms with van der Waals surface area (Å²) in [6.07, 6.45) is 3.71. The van der Waals surface area contributed by atoms with Crippen LogP contribution >= 0.6 is 11.3 Å². The van der Waals surface area contributed by atoms with Gasteiger partial charge in [0.2, 0.25) is 5.91 Å². The number of nitrogens with one attached hydrogen (secondary N) is 1. The molecule has 7 heteroatoms. The van der Waals surface area contributed by atoms with Crippen molar-refractivity contribution in [2.24, 2.45) is 5.92 Å². The maximum Gasteiger partial charge on any atom is 0.264 e. The summed E-state index contributed by atoms with van der Waals surface area (Å²) in [6, 6.07) is 9.87. The highest BCUT2D eigenvalue weighted by molar-refractivity contribution is 7.17. The topological polar surface area (TPSA) is 67.9 Å². The minimum Gasteiger partial charge on any atom is -0.486 e. The highest BCUT2D eigenvalue weighted by atomic mass is 32.1. The van der Waals surface area contributed by atoms with Gasteiger partial charge < -0.3 is 19.7 Å². The molecule has 1 N–H and O–H groups in total. The zero-order valence-corrected chi connectivity index (χ0v) is 19.0. The monoisotopic (exact) mass is 442 g/mol. The van der Waals surface area contributed by atoms with E-state index in [1.165, 1.54) is 11.3 Å². The number of rotatable bonds is 6. The predicted molar refractivity (Wildman–Crippen MR) is 122 cm³/mol. The first-order valence-corrected chi connectivity index (χ1v) is 12.0. The van der Waals surface area contributed by atoms with Gasteiger partial charge in [0.15, 0.2) is 11.5 Å². The predicted octanol–water partition coefficient (Wildman–Crippen LogP) is 4.34. The highest BCUT2D eigenvalue weighted by Gasteiger charge is 2.33. The number of amides is 2. The van der Waals surface area contributed by atoms with Crippen molar-refractivity contribution in [3.63, 3.8) is 0 Å². The number of benzene rings is 1. The van der Waals surface area contributed by atoms with Gasteiger partial charge in [-0.2, -0.15) is 0 Å². The van der Waals surface area contributed by atoms with E-state index in [9.17, 15) is 9.59 Å². The number of hydrogen-bond acceptors (Lipinski definition) is 5. The Morgan fingerprint density at radius 3 is 2.74 bits per heavy atom. The van der Waals surface area contributed by atoms with Crippen LogP contribution in [0.4, 0.5) is 0 Å². The Balaban J connectivity index is 1.45. The Labute approximate surface area is 187 Å². The zero-order chi connectivity index (χ0) is 21.8. The van der Waals surface area contributed by atoms with Crippen LogP contribution in [0.3, 0.4) is 0 Å². The van der Waals surface area contributed by atoms with Crippen LogP contribution < -0.4 is 14.8 Å². The molecule has 2 unspecified atom stereocenters. The van der Waals surface area contributed by atoms with Crippen molar-refractivity contribution in [2.75, 3.05) is 26.3 Å². The Bertz CT molecular complexity index is 941. The van der Waals surface area contributed by atoms with Gasteiger partial charge in [-0.25, -0.2) is 0 Å². The molecule has 1 aromatic carbocycles. The fourth-order valence-corrected chi connectivity index (χ4v) is 5.04. The van der Waals surface area contributed by atoms with Crippen LogP contribution in [0.2, 0.25) is 0 Å². The van der Waals surface area contributed by atoms with Gasteiger partial charge in [-0.1, -0.05) is 13.3 Å². The third-order valence-electron chi connectivity index (χ3n) is 5.99. The van der Waals surface area contributed by atoms with Gasteiger partial charge in [-0.3, -0.25) is 9.59 Å². The summed E-state index contributed by atoms with van der Waals surface area (Å²) in [5.41, 5.74) is 1.01. The van der Waals surface area contributed by atoms with Crippen molar-refractivity contribution in [3.05, 3.63) is 35.2 Å². The van der Waals surface area contributed by atoms with Gasteiger partial charge in [0, 0.05) is 24.0 Å². The van der Waals surface area contributed by atoms with E-state index in [1.807, 2.05) is 35.2 Å². The SMILES string of the molecule is CCCCNC(=O)C1CCC(C)N(C(=O)c2ccc(-c3ccc4c(c3)OCCO4)s2)C1. The number of unbranched alkanes of at least 4 members (excludes halogenated alkanes) is 1. The molecule has 1 saturated heterocycles. The molecule has 2 aliphatic rings. The highest BCUT2D eigenvalue weighted by Crippen LogP contribution is 2.37. The number of carbonyl (C=O) groups excluding carboxylic acids is 2. The number of ether oxygens (including phenoxy) is 2. The lowest BCUT2D eigenvalue weighted by molar-refractivity contribution is -0.126. The Kier molecular flexibility index (Phi) is 6.80. The van der Waals surface area contributed by atoms with E-state index in [1.54, 1.807) is 0 Å². The lowest BCUT2D eigenvalue weighted by atomic mass is 9.92. The molecule has 2 amide bonds. The van der Waals surface area contributed by atoms with Crippen LogP contribution in [0, 0.1) is 5.92 Å². The summed E-state index contributed by atoms with van der Waals surface area (Å²) in [5.74, 6) is 1.45. The summed E-state index contributed by atoms with van der Waals surface area (Å²) in [5, 5.41) is 3.02. The minimum absolute atomic E-state index is 0.00681. The standard InChI is InChI=1S/C24H30N2O4S/c1-3-4-11-25-23(27)18-6-5-16(2)26(15-18)24(28)22-10-9-21(31-22)17-7-8-19-20(14-17)30-13-12-29-19/h7-10,14,16,18H,3-6,11-13,15H2,1-2H3,(H,25,27). The molecule has 4 rings (SSSR count). The van der Waals surface area contributed by atoms with E-state index in [4.69, 9.17) is 9.47 Å².